The summed E-state index contributed by atoms with van der Waals surface area (Å²) in [6.45, 7) is 3.49. The van der Waals surface area contributed by atoms with E-state index in [-0.39, 0.29) is 18.3 Å². The lowest BCUT2D eigenvalue weighted by molar-refractivity contribution is -0.117. The summed E-state index contributed by atoms with van der Waals surface area (Å²) < 4.78 is 13.1. The van der Waals surface area contributed by atoms with Crippen LogP contribution in [0.2, 0.25) is 0 Å². The van der Waals surface area contributed by atoms with E-state index in [4.69, 9.17) is 0 Å². The number of carbonyl (C=O) groups is 1. The number of amides is 1. The quantitative estimate of drug-likeness (QED) is 0.940. The second kappa shape index (κ2) is 6.92. The summed E-state index contributed by atoms with van der Waals surface area (Å²) in [5, 5.41) is 3.18. The predicted molar refractivity (Wildman–Crippen MR) is 90.0 cm³/mol. The summed E-state index contributed by atoms with van der Waals surface area (Å²) in [5.74, 6) is -0.149. The van der Waals surface area contributed by atoms with Crippen LogP contribution >= 0.6 is 0 Å². The number of anilines is 1. The van der Waals surface area contributed by atoms with Gasteiger partial charge in [-0.15, -0.1) is 0 Å². The van der Waals surface area contributed by atoms with Gasteiger partial charge in [0.15, 0.2) is 0 Å². The second-order valence-corrected chi connectivity index (χ2v) is 5.95. The Morgan fingerprint density at radius 2 is 2.09 bits per heavy atom. The number of nitrogens with one attached hydrogen (secondary N) is 1. The molecule has 3 nitrogen and oxygen atoms in total. The predicted octanol–water partition coefficient (Wildman–Crippen LogP) is 3.20. The summed E-state index contributed by atoms with van der Waals surface area (Å²) in [4.78, 5) is 14.4. The highest BCUT2D eigenvalue weighted by atomic mass is 19.1. The monoisotopic (exact) mass is 312 g/mol. The van der Waals surface area contributed by atoms with Gasteiger partial charge in [-0.3, -0.25) is 4.79 Å². The van der Waals surface area contributed by atoms with Crippen molar-refractivity contribution in [2.75, 3.05) is 18.0 Å². The Labute approximate surface area is 136 Å². The van der Waals surface area contributed by atoms with Crippen LogP contribution in [0.4, 0.5) is 10.1 Å². The van der Waals surface area contributed by atoms with Crippen molar-refractivity contribution in [3.8, 4) is 0 Å². The summed E-state index contributed by atoms with van der Waals surface area (Å²) >= 11 is 0. The van der Waals surface area contributed by atoms with Crippen molar-refractivity contribution in [2.24, 2.45) is 0 Å². The third-order valence-electron chi connectivity index (χ3n) is 4.31. The maximum absolute atomic E-state index is 13.1. The molecule has 0 saturated carbocycles. The number of aryl methyl sites for hydroxylation is 2. The molecule has 0 unspecified atom stereocenters. The number of para-hydroxylation sites is 1. The van der Waals surface area contributed by atoms with Crippen LogP contribution in [0, 0.1) is 12.7 Å². The van der Waals surface area contributed by atoms with E-state index in [1.807, 2.05) is 30.0 Å². The van der Waals surface area contributed by atoms with Gasteiger partial charge in [0.1, 0.15) is 5.82 Å². The minimum Gasteiger partial charge on any atom is -0.311 e. The van der Waals surface area contributed by atoms with Gasteiger partial charge in [0.05, 0.1) is 6.54 Å². The van der Waals surface area contributed by atoms with E-state index in [0.29, 0.717) is 6.54 Å². The van der Waals surface area contributed by atoms with E-state index in [1.165, 1.54) is 17.7 Å². The van der Waals surface area contributed by atoms with E-state index in [2.05, 4.69) is 11.4 Å². The topological polar surface area (TPSA) is 32.3 Å². The number of rotatable bonds is 4. The van der Waals surface area contributed by atoms with Crippen LogP contribution in [0.15, 0.2) is 42.5 Å². The van der Waals surface area contributed by atoms with Crippen molar-refractivity contribution in [2.45, 2.75) is 26.3 Å². The highest BCUT2D eigenvalue weighted by molar-refractivity contribution is 5.95. The lowest BCUT2D eigenvalue weighted by Gasteiger charge is -2.29. The first-order valence-corrected chi connectivity index (χ1v) is 7.99. The molecule has 1 amide bonds. The molecule has 1 aliphatic rings. The number of hydrogen-bond acceptors (Lipinski definition) is 2. The van der Waals surface area contributed by atoms with Crippen molar-refractivity contribution in [3.05, 3.63) is 65.0 Å². The lowest BCUT2D eigenvalue weighted by Crippen LogP contribution is -2.41. The van der Waals surface area contributed by atoms with E-state index in [1.54, 1.807) is 6.07 Å². The Morgan fingerprint density at radius 1 is 1.26 bits per heavy atom. The van der Waals surface area contributed by atoms with Crippen molar-refractivity contribution in [1.29, 1.82) is 0 Å². The van der Waals surface area contributed by atoms with Crippen molar-refractivity contribution < 1.29 is 9.18 Å². The first-order chi connectivity index (χ1) is 11.1. The molecule has 120 valence electrons. The normalized spacial score (nSPS) is 13.7. The smallest absolute Gasteiger partial charge is 0.240 e. The Morgan fingerprint density at radius 3 is 2.91 bits per heavy atom. The first kappa shape index (κ1) is 15.7. The fraction of sp³-hybridized carbons (Fsp3) is 0.316. The van der Waals surface area contributed by atoms with Crippen molar-refractivity contribution in [3.63, 3.8) is 0 Å². The maximum Gasteiger partial charge on any atom is 0.240 e. The van der Waals surface area contributed by atoms with Gasteiger partial charge in [-0.25, -0.2) is 4.39 Å². The van der Waals surface area contributed by atoms with Gasteiger partial charge in [0.25, 0.3) is 0 Å². The van der Waals surface area contributed by atoms with Crippen LogP contribution in [-0.4, -0.2) is 19.0 Å². The molecule has 1 heterocycles. The first-order valence-electron chi connectivity index (χ1n) is 7.99. The van der Waals surface area contributed by atoms with E-state index >= 15 is 0 Å². The maximum atomic E-state index is 13.1. The Kier molecular flexibility index (Phi) is 4.72. The Balaban J connectivity index is 1.60. The molecule has 0 aliphatic carbocycles. The van der Waals surface area contributed by atoms with Crippen molar-refractivity contribution in [1.82, 2.24) is 5.32 Å². The number of carbonyl (C=O) groups excluding carboxylic acids is 1. The van der Waals surface area contributed by atoms with Gasteiger partial charge in [-0.05, 0) is 54.7 Å². The third kappa shape index (κ3) is 3.59. The van der Waals surface area contributed by atoms with Crippen LogP contribution in [0.3, 0.4) is 0 Å². The fourth-order valence-electron chi connectivity index (χ4n) is 3.05. The summed E-state index contributed by atoms with van der Waals surface area (Å²) in [7, 11) is 0. The standard InChI is InChI=1S/C19H21FN2O/c1-14-11-17(20)9-8-16(14)12-21-13-19(23)22-10-4-6-15-5-2-3-7-18(15)22/h2-3,5,7-9,11,21H,4,6,10,12-13H2,1H3. The molecular formula is C19H21FN2O. The molecule has 0 saturated heterocycles. The molecule has 0 radical (unpaired) electrons. The molecule has 2 aromatic carbocycles. The van der Waals surface area contributed by atoms with Crippen LogP contribution in [0.25, 0.3) is 0 Å². The molecule has 3 rings (SSSR count). The summed E-state index contributed by atoms with van der Waals surface area (Å²) in [6, 6.07) is 12.8. The van der Waals surface area contributed by atoms with Crippen LogP contribution in [0.1, 0.15) is 23.1 Å². The van der Waals surface area contributed by atoms with Crippen molar-refractivity contribution >= 4 is 11.6 Å². The highest BCUT2D eigenvalue weighted by Crippen LogP contribution is 2.26. The number of hydrogen-bond donors (Lipinski definition) is 1. The molecule has 0 spiro atoms. The van der Waals surface area contributed by atoms with Crippen LogP contribution in [0.5, 0.6) is 0 Å². The number of nitrogens with zero attached hydrogens (tertiary/aromatic N) is 1. The largest absolute Gasteiger partial charge is 0.311 e. The summed E-state index contributed by atoms with van der Waals surface area (Å²) in [5.41, 5.74) is 4.18. The fourth-order valence-corrected chi connectivity index (χ4v) is 3.05. The molecule has 1 aliphatic heterocycles. The number of fused-ring (bicyclic) bond motifs is 1. The molecule has 4 heteroatoms. The minimum absolute atomic E-state index is 0.0805. The Hall–Kier alpha value is -2.20. The van der Waals surface area contributed by atoms with E-state index < -0.39 is 0 Å². The minimum atomic E-state index is -0.229. The molecule has 1 N–H and O–H groups in total. The molecule has 0 bridgehead atoms. The van der Waals surface area contributed by atoms with Gasteiger partial charge >= 0.3 is 0 Å². The molecule has 0 fully saturated rings. The second-order valence-electron chi connectivity index (χ2n) is 5.95. The van der Waals surface area contributed by atoms with E-state index in [9.17, 15) is 9.18 Å². The highest BCUT2D eigenvalue weighted by Gasteiger charge is 2.21. The van der Waals surface area contributed by atoms with Gasteiger partial charge in [0.2, 0.25) is 5.91 Å². The number of benzene rings is 2. The molecule has 23 heavy (non-hydrogen) atoms. The van der Waals surface area contributed by atoms with Gasteiger partial charge in [-0.2, -0.15) is 0 Å². The molecule has 0 atom stereocenters. The molecule has 2 aromatic rings. The average Bonchev–Trinajstić information content (AvgIpc) is 2.56. The van der Waals surface area contributed by atoms with Gasteiger partial charge in [-0.1, -0.05) is 24.3 Å². The van der Waals surface area contributed by atoms with E-state index in [0.717, 1.165) is 36.2 Å². The lowest BCUT2D eigenvalue weighted by atomic mass is 10.0. The third-order valence-corrected chi connectivity index (χ3v) is 4.31. The zero-order valence-corrected chi connectivity index (χ0v) is 13.3. The van der Waals surface area contributed by atoms with Gasteiger partial charge < -0.3 is 10.2 Å². The zero-order chi connectivity index (χ0) is 16.2. The molecule has 0 aromatic heterocycles. The zero-order valence-electron chi connectivity index (χ0n) is 13.3. The number of halogens is 1. The average molecular weight is 312 g/mol. The summed E-state index contributed by atoms with van der Waals surface area (Å²) in [6.07, 6.45) is 2.03. The Bertz CT molecular complexity index is 714. The van der Waals surface area contributed by atoms with Gasteiger partial charge in [0, 0.05) is 18.8 Å². The van der Waals surface area contributed by atoms with Crippen LogP contribution < -0.4 is 10.2 Å². The SMILES string of the molecule is Cc1cc(F)ccc1CNCC(=O)N1CCCc2ccccc21. The van der Waals surface area contributed by atoms with Crippen LogP contribution in [-0.2, 0) is 17.8 Å². The molecular weight excluding hydrogens is 291 g/mol.